The summed E-state index contributed by atoms with van der Waals surface area (Å²) in [6.45, 7) is 3.31. The molecule has 112 valence electrons. The predicted octanol–water partition coefficient (Wildman–Crippen LogP) is 2.68. The summed E-state index contributed by atoms with van der Waals surface area (Å²) in [6, 6.07) is 5.09. The van der Waals surface area contributed by atoms with Crippen LogP contribution in [0.1, 0.15) is 48.0 Å². The van der Waals surface area contributed by atoms with E-state index in [-0.39, 0.29) is 17.1 Å². The van der Waals surface area contributed by atoms with Crippen molar-refractivity contribution in [3.8, 4) is 5.75 Å². The maximum absolute atomic E-state index is 12.5. The van der Waals surface area contributed by atoms with Crippen LogP contribution >= 0.6 is 0 Å². The Balaban J connectivity index is 1.72. The van der Waals surface area contributed by atoms with Gasteiger partial charge >= 0.3 is 0 Å². The number of hydrogen-bond donors (Lipinski definition) is 1. The first-order valence-corrected chi connectivity index (χ1v) is 7.60. The molecule has 0 aromatic heterocycles. The molecular formula is C17H21NO3. The lowest BCUT2D eigenvalue weighted by Crippen LogP contribution is -2.34. The van der Waals surface area contributed by atoms with E-state index in [0.29, 0.717) is 24.2 Å². The highest BCUT2D eigenvalue weighted by atomic mass is 16.3. The number of phenolic OH excluding ortho intramolecular Hbond substituents is 1. The van der Waals surface area contributed by atoms with Gasteiger partial charge in [-0.25, -0.2) is 0 Å². The summed E-state index contributed by atoms with van der Waals surface area (Å²) < 4.78 is 0. The first-order valence-electron chi connectivity index (χ1n) is 7.60. The van der Waals surface area contributed by atoms with E-state index in [1.165, 1.54) is 0 Å². The molecule has 0 atom stereocenters. The zero-order valence-electron chi connectivity index (χ0n) is 12.4. The van der Waals surface area contributed by atoms with Crippen molar-refractivity contribution in [2.75, 3.05) is 13.1 Å². The Morgan fingerprint density at radius 2 is 1.95 bits per heavy atom. The van der Waals surface area contributed by atoms with E-state index >= 15 is 0 Å². The number of ketones is 1. The van der Waals surface area contributed by atoms with Crippen LogP contribution < -0.4 is 0 Å². The van der Waals surface area contributed by atoms with Gasteiger partial charge in [0.05, 0.1) is 0 Å². The van der Waals surface area contributed by atoms with Crippen molar-refractivity contribution in [1.29, 1.82) is 0 Å². The number of aromatic hydroxyl groups is 1. The number of phenols is 1. The van der Waals surface area contributed by atoms with E-state index in [1.807, 2.05) is 11.8 Å². The fourth-order valence-electron chi connectivity index (χ4n) is 3.50. The Morgan fingerprint density at radius 1 is 1.24 bits per heavy atom. The second-order valence-electron chi connectivity index (χ2n) is 6.52. The number of amides is 1. The fraction of sp³-hybridized carbons (Fsp3) is 0.529. The Hall–Kier alpha value is -1.84. The van der Waals surface area contributed by atoms with E-state index < -0.39 is 0 Å². The molecule has 1 saturated heterocycles. The van der Waals surface area contributed by atoms with E-state index in [1.54, 1.807) is 18.2 Å². The van der Waals surface area contributed by atoms with Crippen molar-refractivity contribution in [3.63, 3.8) is 0 Å². The largest absolute Gasteiger partial charge is 0.508 e. The molecule has 4 heteroatoms. The highest BCUT2D eigenvalue weighted by Gasteiger charge is 2.42. The molecule has 1 aromatic carbocycles. The summed E-state index contributed by atoms with van der Waals surface area (Å²) in [5.41, 5.74) is 1.47. The van der Waals surface area contributed by atoms with E-state index in [4.69, 9.17) is 0 Å². The lowest BCUT2D eigenvalue weighted by atomic mass is 9.73. The van der Waals surface area contributed by atoms with E-state index in [2.05, 4.69) is 0 Å². The maximum atomic E-state index is 12.5. The van der Waals surface area contributed by atoms with Gasteiger partial charge in [-0.15, -0.1) is 0 Å². The third kappa shape index (κ3) is 2.67. The van der Waals surface area contributed by atoms with Crippen LogP contribution in [0.2, 0.25) is 0 Å². The van der Waals surface area contributed by atoms with Crippen molar-refractivity contribution in [2.45, 2.75) is 39.0 Å². The third-order valence-electron chi connectivity index (χ3n) is 5.05. The fourth-order valence-corrected chi connectivity index (χ4v) is 3.50. The molecule has 4 nitrogen and oxygen atoms in total. The Bertz CT molecular complexity index is 584. The summed E-state index contributed by atoms with van der Waals surface area (Å²) in [4.78, 5) is 25.8. The van der Waals surface area contributed by atoms with Gasteiger partial charge in [0.15, 0.2) is 0 Å². The highest BCUT2D eigenvalue weighted by Crippen LogP contribution is 2.43. The van der Waals surface area contributed by atoms with Crippen molar-refractivity contribution in [3.05, 3.63) is 29.3 Å². The standard InChI is InChI=1S/C17H21NO3/c1-12-2-3-13(10-15(12)20)16(21)18-9-8-17(11-18)6-4-14(19)5-7-17/h2-3,10,20H,4-9,11H2,1H3. The van der Waals surface area contributed by atoms with Crippen LogP contribution in [-0.4, -0.2) is 34.8 Å². The van der Waals surface area contributed by atoms with Gasteiger partial charge in [0.1, 0.15) is 11.5 Å². The number of Topliss-reactive ketones (excluding diaryl/α,β-unsaturated/α-hetero) is 1. The van der Waals surface area contributed by atoms with Crippen LogP contribution in [0.5, 0.6) is 5.75 Å². The zero-order chi connectivity index (χ0) is 15.0. The Labute approximate surface area is 124 Å². The minimum atomic E-state index is -0.0147. The SMILES string of the molecule is Cc1ccc(C(=O)N2CCC3(CCC(=O)CC3)C2)cc1O. The Morgan fingerprint density at radius 3 is 2.62 bits per heavy atom. The number of hydrogen-bond acceptors (Lipinski definition) is 3. The summed E-state index contributed by atoms with van der Waals surface area (Å²) in [7, 11) is 0. The average Bonchev–Trinajstić information content (AvgIpc) is 2.89. The number of likely N-dealkylation sites (tertiary alicyclic amines) is 1. The van der Waals surface area contributed by atoms with Crippen molar-refractivity contribution in [1.82, 2.24) is 4.90 Å². The number of benzene rings is 1. The molecule has 1 aliphatic heterocycles. The molecule has 1 aromatic rings. The summed E-state index contributed by atoms with van der Waals surface area (Å²) in [5, 5.41) is 9.75. The summed E-state index contributed by atoms with van der Waals surface area (Å²) in [6.07, 6.45) is 4.13. The molecule has 1 spiro atoms. The number of aryl methyl sites for hydroxylation is 1. The van der Waals surface area contributed by atoms with Gasteiger partial charge in [-0.3, -0.25) is 9.59 Å². The van der Waals surface area contributed by atoms with Crippen molar-refractivity contribution in [2.24, 2.45) is 5.41 Å². The number of rotatable bonds is 1. The molecule has 21 heavy (non-hydrogen) atoms. The van der Waals surface area contributed by atoms with Gasteiger partial charge in [0.25, 0.3) is 5.91 Å². The second kappa shape index (κ2) is 5.17. The van der Waals surface area contributed by atoms with Crippen LogP contribution in [0.25, 0.3) is 0 Å². The highest BCUT2D eigenvalue weighted by molar-refractivity contribution is 5.95. The lowest BCUT2D eigenvalue weighted by Gasteiger charge is -2.32. The van der Waals surface area contributed by atoms with Crippen LogP contribution in [0.3, 0.4) is 0 Å². The topological polar surface area (TPSA) is 57.6 Å². The molecule has 1 saturated carbocycles. The molecule has 2 aliphatic rings. The monoisotopic (exact) mass is 287 g/mol. The summed E-state index contributed by atoms with van der Waals surface area (Å²) >= 11 is 0. The molecule has 0 bridgehead atoms. The van der Waals surface area contributed by atoms with Crippen molar-refractivity contribution >= 4 is 11.7 Å². The molecule has 0 unspecified atom stereocenters. The first kappa shape index (κ1) is 14.1. The molecule has 0 radical (unpaired) electrons. The van der Waals surface area contributed by atoms with Gasteiger partial charge in [-0.1, -0.05) is 6.07 Å². The van der Waals surface area contributed by atoms with Crippen molar-refractivity contribution < 1.29 is 14.7 Å². The number of nitrogens with zero attached hydrogens (tertiary/aromatic N) is 1. The molecular weight excluding hydrogens is 266 g/mol. The minimum absolute atomic E-state index is 0.0147. The number of carbonyl (C=O) groups excluding carboxylic acids is 2. The number of carbonyl (C=O) groups is 2. The van der Waals surface area contributed by atoms with Crippen LogP contribution in [0, 0.1) is 12.3 Å². The van der Waals surface area contributed by atoms with Gasteiger partial charge in [-0.05, 0) is 49.3 Å². The van der Waals surface area contributed by atoms with Gasteiger partial charge < -0.3 is 10.0 Å². The first-order chi connectivity index (χ1) is 9.99. The molecule has 1 heterocycles. The molecule has 1 N–H and O–H groups in total. The predicted molar refractivity (Wildman–Crippen MR) is 79.3 cm³/mol. The Kier molecular flexibility index (Phi) is 3.47. The molecule has 1 amide bonds. The second-order valence-corrected chi connectivity index (χ2v) is 6.52. The zero-order valence-corrected chi connectivity index (χ0v) is 12.4. The van der Waals surface area contributed by atoms with Gasteiger partial charge in [0, 0.05) is 31.5 Å². The van der Waals surface area contributed by atoms with Gasteiger partial charge in [-0.2, -0.15) is 0 Å². The minimum Gasteiger partial charge on any atom is -0.508 e. The van der Waals surface area contributed by atoms with Crippen LogP contribution in [0.15, 0.2) is 18.2 Å². The third-order valence-corrected chi connectivity index (χ3v) is 5.05. The van der Waals surface area contributed by atoms with Crippen LogP contribution in [0.4, 0.5) is 0 Å². The molecule has 2 fully saturated rings. The smallest absolute Gasteiger partial charge is 0.254 e. The van der Waals surface area contributed by atoms with Crippen LogP contribution in [-0.2, 0) is 4.79 Å². The maximum Gasteiger partial charge on any atom is 0.254 e. The quantitative estimate of drug-likeness (QED) is 0.864. The van der Waals surface area contributed by atoms with E-state index in [0.717, 1.165) is 37.9 Å². The van der Waals surface area contributed by atoms with E-state index in [9.17, 15) is 14.7 Å². The van der Waals surface area contributed by atoms with Gasteiger partial charge in [0.2, 0.25) is 0 Å². The molecule has 1 aliphatic carbocycles. The average molecular weight is 287 g/mol. The normalized spacial score (nSPS) is 21.0. The summed E-state index contributed by atoms with van der Waals surface area (Å²) in [5.74, 6) is 0.506. The lowest BCUT2D eigenvalue weighted by molar-refractivity contribution is -0.122. The molecule has 3 rings (SSSR count).